The molecule has 224 valence electrons. The number of aryl methyl sites for hydroxylation is 2. The number of nitrogens with zero attached hydrogens (tertiary/aromatic N) is 5. The number of carbonyl (C=O) groups excluding carboxylic acids is 1. The van der Waals surface area contributed by atoms with Crippen LogP contribution in [0.25, 0.3) is 39.4 Å². The van der Waals surface area contributed by atoms with E-state index in [1.165, 1.54) is 30.2 Å². The van der Waals surface area contributed by atoms with Gasteiger partial charge in [-0.1, -0.05) is 31.4 Å². The maximum Gasteiger partial charge on any atom is 0.328 e. The first-order valence-electron chi connectivity index (χ1n) is 15.4. The van der Waals surface area contributed by atoms with Crippen molar-refractivity contribution in [2.45, 2.75) is 62.8 Å². The van der Waals surface area contributed by atoms with Gasteiger partial charge in [0.15, 0.2) is 0 Å². The summed E-state index contributed by atoms with van der Waals surface area (Å²) in [6.07, 6.45) is 16.6. The molecule has 44 heavy (non-hydrogen) atoms. The summed E-state index contributed by atoms with van der Waals surface area (Å²) < 4.78 is 4.21. The molecule has 2 aliphatic rings. The molecule has 5 aromatic rings. The summed E-state index contributed by atoms with van der Waals surface area (Å²) in [5.41, 5.74) is 6.82. The molecule has 0 aliphatic heterocycles. The summed E-state index contributed by atoms with van der Waals surface area (Å²) in [4.78, 5) is 38.9. The van der Waals surface area contributed by atoms with Crippen molar-refractivity contribution in [2.24, 2.45) is 14.1 Å². The molecule has 9 nitrogen and oxygen atoms in total. The number of carbonyl (C=O) groups is 2. The average Bonchev–Trinajstić information content (AvgIpc) is 3.51. The molecule has 3 heterocycles. The number of rotatable bonds is 7. The summed E-state index contributed by atoms with van der Waals surface area (Å²) in [6, 6.07) is 11.8. The molecular weight excluding hydrogens is 552 g/mol. The fraction of sp³-hybridized carbons (Fsp3) is 0.343. The molecule has 9 heteroatoms. The Hall–Kier alpha value is -4.79. The number of carboxylic acids is 1. The second-order valence-electron chi connectivity index (χ2n) is 12.3. The monoisotopic (exact) mass is 588 g/mol. The van der Waals surface area contributed by atoms with Gasteiger partial charge in [-0.2, -0.15) is 0 Å². The molecule has 2 aliphatic carbocycles. The lowest BCUT2D eigenvalue weighted by Crippen LogP contribution is -2.52. The molecule has 2 saturated carbocycles. The topological polar surface area (TPSA) is 115 Å². The largest absolute Gasteiger partial charge is 0.478 e. The van der Waals surface area contributed by atoms with Crippen LogP contribution in [0, 0.1) is 0 Å². The Kier molecular flexibility index (Phi) is 7.03. The van der Waals surface area contributed by atoms with E-state index in [9.17, 15) is 9.59 Å². The zero-order valence-electron chi connectivity index (χ0n) is 25.1. The molecular formula is C35H36N6O3. The molecule has 2 aromatic carbocycles. The highest BCUT2D eigenvalue weighted by Crippen LogP contribution is 2.44. The lowest BCUT2D eigenvalue weighted by atomic mass is 9.75. The lowest BCUT2D eigenvalue weighted by Gasteiger charge is -2.41. The molecule has 0 bridgehead atoms. The number of carboxylic acid groups (broad SMARTS) is 1. The number of benzene rings is 2. The number of hydrogen-bond donors (Lipinski definition) is 2. The maximum atomic E-state index is 13.9. The van der Waals surface area contributed by atoms with Gasteiger partial charge in [0.25, 0.3) is 5.91 Å². The molecule has 0 unspecified atom stereocenters. The molecule has 0 spiro atoms. The van der Waals surface area contributed by atoms with Gasteiger partial charge in [0.05, 0.1) is 28.5 Å². The van der Waals surface area contributed by atoms with E-state index in [0.29, 0.717) is 11.5 Å². The summed E-state index contributed by atoms with van der Waals surface area (Å²) in [5.74, 6) is 0.164. The number of imidazole rings is 1. The van der Waals surface area contributed by atoms with Crippen molar-refractivity contribution in [3.63, 3.8) is 0 Å². The Morgan fingerprint density at radius 2 is 1.80 bits per heavy atom. The van der Waals surface area contributed by atoms with Crippen molar-refractivity contribution < 1.29 is 14.7 Å². The highest BCUT2D eigenvalue weighted by atomic mass is 16.4. The summed E-state index contributed by atoms with van der Waals surface area (Å²) in [5, 5.41) is 13.6. The highest BCUT2D eigenvalue weighted by Gasteiger charge is 2.44. The van der Waals surface area contributed by atoms with Crippen LogP contribution < -0.4 is 5.32 Å². The van der Waals surface area contributed by atoms with Crippen LogP contribution in [0.5, 0.6) is 0 Å². The molecule has 2 N–H and O–H groups in total. The van der Waals surface area contributed by atoms with Crippen molar-refractivity contribution >= 4 is 39.9 Å². The van der Waals surface area contributed by atoms with E-state index >= 15 is 0 Å². The number of aliphatic carboxylic acids is 1. The minimum absolute atomic E-state index is 0.120. The fourth-order valence-corrected chi connectivity index (χ4v) is 7.27. The third-order valence-corrected chi connectivity index (χ3v) is 9.63. The van der Waals surface area contributed by atoms with Crippen LogP contribution in [0.4, 0.5) is 0 Å². The van der Waals surface area contributed by atoms with E-state index in [2.05, 4.69) is 33.0 Å². The van der Waals surface area contributed by atoms with E-state index < -0.39 is 11.5 Å². The van der Waals surface area contributed by atoms with Crippen LogP contribution in [-0.4, -0.2) is 41.1 Å². The number of nitrogens with one attached hydrogen (secondary N) is 1. The highest BCUT2D eigenvalue weighted by molar-refractivity contribution is 6.01. The number of fused-ring (bicyclic) bond motifs is 2. The minimum atomic E-state index is -0.990. The van der Waals surface area contributed by atoms with E-state index in [4.69, 9.17) is 10.1 Å². The van der Waals surface area contributed by atoms with Gasteiger partial charge in [-0.15, -0.1) is 0 Å². The van der Waals surface area contributed by atoms with Crippen molar-refractivity contribution in [1.82, 2.24) is 29.4 Å². The van der Waals surface area contributed by atoms with Crippen molar-refractivity contribution in [3.05, 3.63) is 83.6 Å². The van der Waals surface area contributed by atoms with Crippen LogP contribution in [-0.2, 0) is 24.4 Å². The quantitative estimate of drug-likeness (QED) is 0.211. The molecule has 0 radical (unpaired) electrons. The third kappa shape index (κ3) is 4.76. The SMILES string of the molecule is Cn1c(C2(NC(=O)c3ccc4c(C5CCCCC5)c(-c5cnccn5)n(C)c4c3)CCC2)nc2ccc(/C=C/C(=O)O)cc21. The molecule has 7 rings (SSSR count). The normalized spacial score (nSPS) is 16.9. The van der Waals surface area contributed by atoms with Gasteiger partial charge in [-0.05, 0) is 79.5 Å². The van der Waals surface area contributed by atoms with Gasteiger partial charge in [-0.25, -0.2) is 9.78 Å². The summed E-state index contributed by atoms with van der Waals surface area (Å²) >= 11 is 0. The van der Waals surface area contributed by atoms with Crippen LogP contribution in [0.3, 0.4) is 0 Å². The number of hydrogen-bond acceptors (Lipinski definition) is 5. The lowest BCUT2D eigenvalue weighted by molar-refractivity contribution is -0.131. The van der Waals surface area contributed by atoms with Crippen molar-refractivity contribution in [2.75, 3.05) is 0 Å². The predicted octanol–water partition coefficient (Wildman–Crippen LogP) is 6.48. The zero-order valence-corrected chi connectivity index (χ0v) is 25.1. The molecule has 2 fully saturated rings. The van der Waals surface area contributed by atoms with Crippen LogP contribution >= 0.6 is 0 Å². The van der Waals surface area contributed by atoms with E-state index in [1.807, 2.05) is 48.1 Å². The van der Waals surface area contributed by atoms with Crippen molar-refractivity contribution in [1.29, 1.82) is 0 Å². The zero-order chi connectivity index (χ0) is 30.4. The van der Waals surface area contributed by atoms with Gasteiger partial charge in [-0.3, -0.25) is 14.8 Å². The maximum absolute atomic E-state index is 13.9. The van der Waals surface area contributed by atoms with E-state index in [-0.39, 0.29) is 5.91 Å². The fourth-order valence-electron chi connectivity index (χ4n) is 7.27. The third-order valence-electron chi connectivity index (χ3n) is 9.63. The van der Waals surface area contributed by atoms with Gasteiger partial charge in [0.2, 0.25) is 0 Å². The Balaban J connectivity index is 1.24. The Bertz CT molecular complexity index is 1930. The Morgan fingerprint density at radius 3 is 2.50 bits per heavy atom. The average molecular weight is 589 g/mol. The van der Waals surface area contributed by atoms with Gasteiger partial charge < -0.3 is 19.6 Å². The van der Waals surface area contributed by atoms with Crippen LogP contribution in [0.15, 0.2) is 61.1 Å². The van der Waals surface area contributed by atoms with Crippen molar-refractivity contribution in [3.8, 4) is 11.4 Å². The second kappa shape index (κ2) is 11.0. The number of aromatic nitrogens is 5. The first kappa shape index (κ1) is 28.0. The summed E-state index contributed by atoms with van der Waals surface area (Å²) in [6.45, 7) is 0. The Labute approximate surface area is 255 Å². The van der Waals surface area contributed by atoms with Gasteiger partial charge in [0.1, 0.15) is 11.5 Å². The van der Waals surface area contributed by atoms with E-state index in [0.717, 1.165) is 77.5 Å². The first-order chi connectivity index (χ1) is 21.3. The molecule has 3 aromatic heterocycles. The molecule has 0 atom stereocenters. The second-order valence-corrected chi connectivity index (χ2v) is 12.3. The van der Waals surface area contributed by atoms with Crippen LogP contribution in [0.2, 0.25) is 0 Å². The smallest absolute Gasteiger partial charge is 0.328 e. The first-order valence-corrected chi connectivity index (χ1v) is 15.4. The number of amides is 1. The predicted molar refractivity (Wildman–Crippen MR) is 170 cm³/mol. The Morgan fingerprint density at radius 1 is 0.977 bits per heavy atom. The van der Waals surface area contributed by atoms with Gasteiger partial charge in [0, 0.05) is 49.0 Å². The minimum Gasteiger partial charge on any atom is -0.478 e. The van der Waals surface area contributed by atoms with Crippen LogP contribution in [0.1, 0.15) is 84.6 Å². The van der Waals surface area contributed by atoms with Gasteiger partial charge >= 0.3 is 5.97 Å². The molecule has 1 amide bonds. The van der Waals surface area contributed by atoms with E-state index in [1.54, 1.807) is 18.5 Å². The standard InChI is InChI=1S/C35H36N6O3/c1-40-28-20-24(11-12-25(28)31(23-7-4-3-5-8-23)32(40)27-21-36-17-18-37-27)33(44)39-35(15-6-16-35)34-38-26-13-9-22(10-14-30(42)43)19-29(26)41(34)2/h9-14,17-21,23H,3-8,15-16H2,1-2H3,(H,39,44)(H,42,43)/b14-10+. The summed E-state index contributed by atoms with van der Waals surface area (Å²) in [7, 11) is 4.02. The molecule has 0 saturated heterocycles.